The van der Waals surface area contributed by atoms with Gasteiger partial charge in [-0.2, -0.15) is 0 Å². The fraction of sp³-hybridized carbons (Fsp3) is 0.211. The predicted molar refractivity (Wildman–Crippen MR) is 89.2 cm³/mol. The van der Waals surface area contributed by atoms with Crippen LogP contribution in [0.2, 0.25) is 0 Å². The molecule has 0 aromatic heterocycles. The van der Waals surface area contributed by atoms with E-state index in [9.17, 15) is 4.79 Å². The molecule has 0 radical (unpaired) electrons. The Kier molecular flexibility index (Phi) is 5.92. The van der Waals surface area contributed by atoms with Crippen molar-refractivity contribution in [3.05, 3.63) is 77.4 Å². The topological polar surface area (TPSA) is 40.5 Å². The van der Waals surface area contributed by atoms with Crippen LogP contribution in [0.4, 0.5) is 0 Å². The molecular formula is C19H21NO2. The van der Waals surface area contributed by atoms with Gasteiger partial charge >= 0.3 is 0 Å². The zero-order valence-corrected chi connectivity index (χ0v) is 12.8. The summed E-state index contributed by atoms with van der Waals surface area (Å²) in [4.78, 5) is 13.9. The van der Waals surface area contributed by atoms with Gasteiger partial charge in [-0.3, -0.25) is 4.79 Å². The van der Waals surface area contributed by atoms with E-state index in [4.69, 9.17) is 5.11 Å². The molecule has 0 bridgehead atoms. The molecule has 0 saturated carbocycles. The first-order chi connectivity index (χ1) is 10.7. The molecule has 2 rings (SSSR count). The summed E-state index contributed by atoms with van der Waals surface area (Å²) >= 11 is 0. The van der Waals surface area contributed by atoms with E-state index in [0.717, 1.165) is 11.1 Å². The van der Waals surface area contributed by atoms with Crippen molar-refractivity contribution >= 4 is 12.0 Å². The van der Waals surface area contributed by atoms with Gasteiger partial charge in [-0.15, -0.1) is 0 Å². The minimum absolute atomic E-state index is 0.0447. The largest absolute Gasteiger partial charge is 0.395 e. The number of benzene rings is 2. The second-order valence-electron chi connectivity index (χ2n) is 5.21. The lowest BCUT2D eigenvalue weighted by Gasteiger charge is -2.20. The molecule has 0 spiro atoms. The van der Waals surface area contributed by atoms with Gasteiger partial charge in [0.15, 0.2) is 0 Å². The molecule has 114 valence electrons. The molecule has 0 fully saturated rings. The summed E-state index contributed by atoms with van der Waals surface area (Å²) in [5, 5.41) is 9.16. The SMILES string of the molecule is Cc1ccc(/C=C/C(=O)N(CCO)Cc2ccccc2)cc1. The van der Waals surface area contributed by atoms with Crippen molar-refractivity contribution in [2.24, 2.45) is 0 Å². The Morgan fingerprint density at radius 2 is 1.77 bits per heavy atom. The molecule has 2 aromatic carbocycles. The van der Waals surface area contributed by atoms with Crippen LogP contribution in [-0.2, 0) is 11.3 Å². The summed E-state index contributed by atoms with van der Waals surface area (Å²) in [7, 11) is 0. The van der Waals surface area contributed by atoms with Crippen molar-refractivity contribution in [3.8, 4) is 0 Å². The summed E-state index contributed by atoms with van der Waals surface area (Å²) in [5.74, 6) is -0.0986. The molecule has 1 amide bonds. The van der Waals surface area contributed by atoms with Crippen LogP contribution in [0.25, 0.3) is 6.08 Å². The van der Waals surface area contributed by atoms with E-state index in [1.807, 2.05) is 61.5 Å². The fourth-order valence-electron chi connectivity index (χ4n) is 2.14. The van der Waals surface area contributed by atoms with Gasteiger partial charge < -0.3 is 10.0 Å². The smallest absolute Gasteiger partial charge is 0.246 e. The third kappa shape index (κ3) is 4.86. The Balaban J connectivity index is 2.04. The Morgan fingerprint density at radius 1 is 1.09 bits per heavy atom. The van der Waals surface area contributed by atoms with Gasteiger partial charge in [-0.05, 0) is 24.1 Å². The highest BCUT2D eigenvalue weighted by Crippen LogP contribution is 2.08. The number of aryl methyl sites for hydroxylation is 1. The van der Waals surface area contributed by atoms with Gasteiger partial charge in [0.1, 0.15) is 0 Å². The van der Waals surface area contributed by atoms with E-state index in [-0.39, 0.29) is 12.5 Å². The maximum Gasteiger partial charge on any atom is 0.246 e. The average Bonchev–Trinajstić information content (AvgIpc) is 2.54. The molecule has 22 heavy (non-hydrogen) atoms. The Morgan fingerprint density at radius 3 is 2.41 bits per heavy atom. The Hall–Kier alpha value is -2.39. The highest BCUT2D eigenvalue weighted by Gasteiger charge is 2.10. The first-order valence-corrected chi connectivity index (χ1v) is 7.37. The molecule has 0 aliphatic rings. The quantitative estimate of drug-likeness (QED) is 0.832. The summed E-state index contributed by atoms with van der Waals surface area (Å²) < 4.78 is 0. The molecule has 1 N–H and O–H groups in total. The van der Waals surface area contributed by atoms with E-state index in [2.05, 4.69) is 0 Å². The van der Waals surface area contributed by atoms with E-state index >= 15 is 0 Å². The summed E-state index contributed by atoms with van der Waals surface area (Å²) in [5.41, 5.74) is 3.23. The molecule has 2 aromatic rings. The molecule has 0 aliphatic carbocycles. The number of aliphatic hydroxyl groups excluding tert-OH is 1. The van der Waals surface area contributed by atoms with E-state index in [0.29, 0.717) is 13.1 Å². The standard InChI is InChI=1S/C19H21NO2/c1-16-7-9-17(10-8-16)11-12-19(22)20(13-14-21)15-18-5-3-2-4-6-18/h2-12,21H,13-15H2,1H3/b12-11+. The van der Waals surface area contributed by atoms with Crippen molar-refractivity contribution < 1.29 is 9.90 Å². The van der Waals surface area contributed by atoms with Crippen LogP contribution in [0.15, 0.2) is 60.7 Å². The highest BCUT2D eigenvalue weighted by atomic mass is 16.3. The van der Waals surface area contributed by atoms with Crippen molar-refractivity contribution in [1.29, 1.82) is 0 Å². The predicted octanol–water partition coefficient (Wildman–Crippen LogP) is 3.03. The molecule has 3 nitrogen and oxygen atoms in total. The van der Waals surface area contributed by atoms with Crippen LogP contribution in [-0.4, -0.2) is 29.1 Å². The Bertz CT molecular complexity index is 618. The van der Waals surface area contributed by atoms with Crippen molar-refractivity contribution in [1.82, 2.24) is 4.90 Å². The van der Waals surface area contributed by atoms with Gasteiger partial charge in [0, 0.05) is 19.2 Å². The lowest BCUT2D eigenvalue weighted by atomic mass is 10.1. The number of aliphatic hydroxyl groups is 1. The monoisotopic (exact) mass is 295 g/mol. The van der Waals surface area contributed by atoms with Crippen LogP contribution < -0.4 is 0 Å². The highest BCUT2D eigenvalue weighted by molar-refractivity contribution is 5.91. The number of hydrogen-bond acceptors (Lipinski definition) is 2. The number of nitrogens with zero attached hydrogens (tertiary/aromatic N) is 1. The van der Waals surface area contributed by atoms with E-state index in [1.54, 1.807) is 17.1 Å². The number of hydrogen-bond donors (Lipinski definition) is 1. The minimum atomic E-state index is -0.0986. The molecule has 3 heteroatoms. The molecule has 0 unspecified atom stereocenters. The van der Waals surface area contributed by atoms with Crippen LogP contribution >= 0.6 is 0 Å². The molecule has 0 aliphatic heterocycles. The van der Waals surface area contributed by atoms with E-state index < -0.39 is 0 Å². The van der Waals surface area contributed by atoms with Crippen molar-refractivity contribution in [2.75, 3.05) is 13.2 Å². The molecular weight excluding hydrogens is 274 g/mol. The van der Waals surface area contributed by atoms with Crippen molar-refractivity contribution in [3.63, 3.8) is 0 Å². The Labute approximate surface area is 131 Å². The lowest BCUT2D eigenvalue weighted by molar-refractivity contribution is -0.127. The van der Waals surface area contributed by atoms with E-state index in [1.165, 1.54) is 5.56 Å². The number of amides is 1. The van der Waals surface area contributed by atoms with Crippen LogP contribution in [0.5, 0.6) is 0 Å². The van der Waals surface area contributed by atoms with Crippen LogP contribution in [0.1, 0.15) is 16.7 Å². The summed E-state index contributed by atoms with van der Waals surface area (Å²) in [6, 6.07) is 17.8. The zero-order chi connectivity index (χ0) is 15.8. The van der Waals surface area contributed by atoms with Crippen LogP contribution in [0, 0.1) is 6.92 Å². The van der Waals surface area contributed by atoms with Gasteiger partial charge in [-0.1, -0.05) is 60.2 Å². The van der Waals surface area contributed by atoms with Gasteiger partial charge in [-0.25, -0.2) is 0 Å². The maximum absolute atomic E-state index is 12.3. The second kappa shape index (κ2) is 8.15. The summed E-state index contributed by atoms with van der Waals surface area (Å²) in [6.45, 7) is 2.81. The first-order valence-electron chi connectivity index (χ1n) is 7.37. The van der Waals surface area contributed by atoms with Crippen LogP contribution in [0.3, 0.4) is 0 Å². The first kappa shape index (κ1) is 16.0. The second-order valence-corrected chi connectivity index (χ2v) is 5.21. The van der Waals surface area contributed by atoms with Gasteiger partial charge in [0.05, 0.1) is 6.61 Å². The maximum atomic E-state index is 12.3. The van der Waals surface area contributed by atoms with Gasteiger partial charge in [0.25, 0.3) is 0 Å². The van der Waals surface area contributed by atoms with Crippen molar-refractivity contribution in [2.45, 2.75) is 13.5 Å². The molecule has 0 heterocycles. The summed E-state index contributed by atoms with van der Waals surface area (Å²) in [6.07, 6.45) is 3.36. The normalized spacial score (nSPS) is 10.8. The average molecular weight is 295 g/mol. The fourth-order valence-corrected chi connectivity index (χ4v) is 2.14. The molecule has 0 atom stereocenters. The third-order valence-corrected chi connectivity index (χ3v) is 3.39. The zero-order valence-electron chi connectivity index (χ0n) is 12.8. The third-order valence-electron chi connectivity index (χ3n) is 3.39. The number of carbonyl (C=O) groups excluding carboxylic acids is 1. The minimum Gasteiger partial charge on any atom is -0.395 e. The number of rotatable bonds is 6. The molecule has 0 saturated heterocycles. The van der Waals surface area contributed by atoms with Gasteiger partial charge in [0.2, 0.25) is 5.91 Å². The lowest BCUT2D eigenvalue weighted by Crippen LogP contribution is -2.31. The number of carbonyl (C=O) groups is 1.